The van der Waals surface area contributed by atoms with Crippen molar-refractivity contribution in [3.63, 3.8) is 0 Å². The van der Waals surface area contributed by atoms with Crippen molar-refractivity contribution >= 4 is 45.8 Å². The minimum absolute atomic E-state index is 0.174. The van der Waals surface area contributed by atoms with Crippen LogP contribution in [0.5, 0.6) is 5.75 Å². The summed E-state index contributed by atoms with van der Waals surface area (Å²) in [5.74, 6) is 0.146. The maximum atomic E-state index is 13.4. The van der Waals surface area contributed by atoms with E-state index in [4.69, 9.17) is 27.9 Å². The summed E-state index contributed by atoms with van der Waals surface area (Å²) in [5.41, 5.74) is 0.712. The smallest absolute Gasteiger partial charge is 0.261 e. The Morgan fingerprint density at radius 3 is 2.53 bits per heavy atom. The van der Waals surface area contributed by atoms with E-state index in [1.165, 1.54) is 0 Å². The average molecular weight is 501 g/mol. The Labute approximate surface area is 211 Å². The second-order valence-electron chi connectivity index (χ2n) is 8.09. The van der Waals surface area contributed by atoms with Crippen molar-refractivity contribution in [3.05, 3.63) is 76.3 Å². The Kier molecular flexibility index (Phi) is 9.61. The fourth-order valence-corrected chi connectivity index (χ4v) is 4.27. The lowest BCUT2D eigenvalue weighted by atomic mass is 10.1. The molecule has 0 aliphatic heterocycles. The number of rotatable bonds is 11. The van der Waals surface area contributed by atoms with Crippen LogP contribution in [-0.2, 0) is 16.1 Å². The first-order valence-corrected chi connectivity index (χ1v) is 12.3. The molecular formula is C27H30Cl2N2O3. The van der Waals surface area contributed by atoms with Gasteiger partial charge in [0.1, 0.15) is 11.8 Å². The lowest BCUT2D eigenvalue weighted by Gasteiger charge is -2.31. The first-order chi connectivity index (χ1) is 16.4. The van der Waals surface area contributed by atoms with Gasteiger partial charge >= 0.3 is 0 Å². The van der Waals surface area contributed by atoms with E-state index in [1.807, 2.05) is 49.4 Å². The van der Waals surface area contributed by atoms with Crippen molar-refractivity contribution < 1.29 is 14.3 Å². The minimum atomic E-state index is -0.646. The number of hydrogen-bond donors (Lipinski definition) is 1. The van der Waals surface area contributed by atoms with Crippen molar-refractivity contribution in [3.8, 4) is 5.75 Å². The molecule has 1 atom stereocenters. The monoisotopic (exact) mass is 500 g/mol. The standard InChI is InChI=1S/C27H30Cl2N2O3/c1-3-5-15-30-27(33)24(4-2)31(17-20-13-14-21(28)16-23(20)29)26(32)18-34-25-12-8-10-19-9-6-7-11-22(19)25/h6-14,16,24H,3-5,15,17-18H2,1-2H3,(H,30,33)/t24-/m0/s1. The zero-order valence-corrected chi connectivity index (χ0v) is 21.0. The third-order valence-electron chi connectivity index (χ3n) is 5.67. The minimum Gasteiger partial charge on any atom is -0.483 e. The number of hydrogen-bond acceptors (Lipinski definition) is 3. The summed E-state index contributed by atoms with van der Waals surface area (Å²) in [5, 5.41) is 5.86. The van der Waals surface area contributed by atoms with Crippen LogP contribution in [-0.4, -0.2) is 35.9 Å². The number of benzene rings is 3. The first kappa shape index (κ1) is 25.9. The van der Waals surface area contributed by atoms with Crippen LogP contribution in [0.3, 0.4) is 0 Å². The average Bonchev–Trinajstić information content (AvgIpc) is 2.83. The zero-order valence-electron chi connectivity index (χ0n) is 19.5. The predicted octanol–water partition coefficient (Wildman–Crippen LogP) is 6.25. The number of halogens is 2. The summed E-state index contributed by atoms with van der Waals surface area (Å²) in [6.45, 7) is 4.50. The van der Waals surface area contributed by atoms with Gasteiger partial charge in [0.15, 0.2) is 6.61 Å². The Hall–Kier alpha value is -2.76. The number of nitrogens with one attached hydrogen (secondary N) is 1. The Morgan fingerprint density at radius 2 is 1.79 bits per heavy atom. The second kappa shape index (κ2) is 12.6. The molecule has 0 aliphatic carbocycles. The SMILES string of the molecule is CCCCNC(=O)[C@H](CC)N(Cc1ccc(Cl)cc1Cl)C(=O)COc1cccc2ccccc12. The van der Waals surface area contributed by atoms with Gasteiger partial charge in [0.25, 0.3) is 5.91 Å². The molecule has 0 radical (unpaired) electrons. The van der Waals surface area contributed by atoms with E-state index >= 15 is 0 Å². The summed E-state index contributed by atoms with van der Waals surface area (Å²) in [4.78, 5) is 27.9. The van der Waals surface area contributed by atoms with Gasteiger partial charge in [0.05, 0.1) is 0 Å². The van der Waals surface area contributed by atoms with Crippen LogP contribution in [0.15, 0.2) is 60.7 Å². The fourth-order valence-electron chi connectivity index (χ4n) is 3.80. The molecule has 7 heteroatoms. The molecule has 3 aromatic carbocycles. The van der Waals surface area contributed by atoms with Crippen molar-refractivity contribution in [2.45, 2.75) is 45.7 Å². The first-order valence-electron chi connectivity index (χ1n) is 11.6. The van der Waals surface area contributed by atoms with E-state index in [-0.39, 0.29) is 25.0 Å². The van der Waals surface area contributed by atoms with E-state index < -0.39 is 6.04 Å². The number of amides is 2. The Balaban J connectivity index is 1.83. The van der Waals surface area contributed by atoms with Gasteiger partial charge < -0.3 is 15.0 Å². The number of nitrogens with zero attached hydrogens (tertiary/aromatic N) is 1. The van der Waals surface area contributed by atoms with Gasteiger partial charge in [-0.05, 0) is 42.0 Å². The third kappa shape index (κ3) is 6.64. The predicted molar refractivity (Wildman–Crippen MR) is 138 cm³/mol. The molecule has 0 heterocycles. The van der Waals surface area contributed by atoms with Crippen molar-refractivity contribution in [1.82, 2.24) is 10.2 Å². The third-order valence-corrected chi connectivity index (χ3v) is 6.26. The largest absolute Gasteiger partial charge is 0.483 e. The summed E-state index contributed by atoms with van der Waals surface area (Å²) in [6, 6.07) is 18.0. The van der Waals surface area contributed by atoms with Gasteiger partial charge in [-0.15, -0.1) is 0 Å². The van der Waals surface area contributed by atoms with Crippen LogP contribution in [0.1, 0.15) is 38.7 Å². The molecule has 1 N–H and O–H groups in total. The van der Waals surface area contributed by atoms with Crippen LogP contribution in [0.4, 0.5) is 0 Å². The maximum absolute atomic E-state index is 13.4. The van der Waals surface area contributed by atoms with Gasteiger partial charge in [-0.2, -0.15) is 0 Å². The second-order valence-corrected chi connectivity index (χ2v) is 8.94. The molecule has 180 valence electrons. The highest BCUT2D eigenvalue weighted by Gasteiger charge is 2.29. The van der Waals surface area contributed by atoms with Gasteiger partial charge in [-0.3, -0.25) is 9.59 Å². The van der Waals surface area contributed by atoms with E-state index in [1.54, 1.807) is 23.1 Å². The molecule has 34 heavy (non-hydrogen) atoms. The number of fused-ring (bicyclic) bond motifs is 1. The molecule has 2 amide bonds. The lowest BCUT2D eigenvalue weighted by Crippen LogP contribution is -2.50. The van der Waals surface area contributed by atoms with Crippen LogP contribution >= 0.6 is 23.2 Å². The van der Waals surface area contributed by atoms with Gasteiger partial charge in [0.2, 0.25) is 5.91 Å². The summed E-state index contributed by atoms with van der Waals surface area (Å²) < 4.78 is 5.95. The molecule has 0 aliphatic rings. The molecule has 0 fully saturated rings. The van der Waals surface area contributed by atoms with E-state index in [9.17, 15) is 9.59 Å². The molecule has 3 rings (SSSR count). The van der Waals surface area contributed by atoms with E-state index in [0.29, 0.717) is 34.3 Å². The fraction of sp³-hybridized carbons (Fsp3) is 0.333. The van der Waals surface area contributed by atoms with Crippen molar-refractivity contribution in [2.75, 3.05) is 13.2 Å². The maximum Gasteiger partial charge on any atom is 0.261 e. The molecule has 5 nitrogen and oxygen atoms in total. The normalized spacial score (nSPS) is 11.8. The van der Waals surface area contributed by atoms with Gasteiger partial charge in [0, 0.05) is 28.5 Å². The number of unbranched alkanes of at least 4 members (excludes halogenated alkanes) is 1. The Morgan fingerprint density at radius 1 is 1.03 bits per heavy atom. The molecule has 0 saturated carbocycles. The van der Waals surface area contributed by atoms with Crippen molar-refractivity contribution in [1.29, 1.82) is 0 Å². The van der Waals surface area contributed by atoms with Crippen LogP contribution in [0.2, 0.25) is 10.0 Å². The van der Waals surface area contributed by atoms with E-state index in [2.05, 4.69) is 12.2 Å². The number of carbonyl (C=O) groups is 2. The van der Waals surface area contributed by atoms with Crippen molar-refractivity contribution in [2.24, 2.45) is 0 Å². The highest BCUT2D eigenvalue weighted by Crippen LogP contribution is 2.26. The Bertz CT molecular complexity index is 1130. The highest BCUT2D eigenvalue weighted by molar-refractivity contribution is 6.35. The molecule has 0 unspecified atom stereocenters. The molecule has 0 spiro atoms. The molecular weight excluding hydrogens is 471 g/mol. The quantitative estimate of drug-likeness (QED) is 0.316. The summed E-state index contributed by atoms with van der Waals surface area (Å²) >= 11 is 12.4. The number of ether oxygens (including phenoxy) is 1. The van der Waals surface area contributed by atoms with E-state index in [0.717, 1.165) is 23.6 Å². The molecule has 0 aromatic heterocycles. The molecule has 0 bridgehead atoms. The topological polar surface area (TPSA) is 58.6 Å². The summed E-state index contributed by atoms with van der Waals surface area (Å²) in [7, 11) is 0. The van der Waals surface area contributed by atoms with Gasteiger partial charge in [-0.1, -0.05) is 85.9 Å². The summed E-state index contributed by atoms with van der Waals surface area (Å²) in [6.07, 6.45) is 2.31. The van der Waals surface area contributed by atoms with Crippen LogP contribution < -0.4 is 10.1 Å². The highest BCUT2D eigenvalue weighted by atomic mass is 35.5. The number of carbonyl (C=O) groups excluding carboxylic acids is 2. The zero-order chi connectivity index (χ0) is 24.5. The lowest BCUT2D eigenvalue weighted by molar-refractivity contribution is -0.142. The molecule has 3 aromatic rings. The molecule has 0 saturated heterocycles. The van der Waals surface area contributed by atoms with Gasteiger partial charge in [-0.25, -0.2) is 0 Å². The van der Waals surface area contributed by atoms with Crippen LogP contribution in [0.25, 0.3) is 10.8 Å². The van der Waals surface area contributed by atoms with Crippen LogP contribution in [0, 0.1) is 0 Å².